The van der Waals surface area contributed by atoms with Crippen molar-refractivity contribution in [2.75, 3.05) is 0 Å². The van der Waals surface area contributed by atoms with Gasteiger partial charge in [-0.1, -0.05) is 41.4 Å². The molecule has 1 heterocycles. The minimum atomic E-state index is -0.266. The smallest absolute Gasteiger partial charge is 0.264 e. The number of para-hydroxylation sites is 1. The molecule has 0 saturated carbocycles. The third-order valence-electron chi connectivity index (χ3n) is 3.33. The SMILES string of the molecule is Cc1cccc(O)c1N=C1NC(=O)/C(=C/c2ccc(Cl)cc2Cl)S1. The Morgan fingerprint density at radius 3 is 2.75 bits per heavy atom. The quantitative estimate of drug-likeness (QED) is 0.730. The highest BCUT2D eigenvalue weighted by molar-refractivity contribution is 8.18. The standard InChI is InChI=1S/C17H12Cl2N2O2S/c1-9-3-2-4-13(22)15(9)20-17-21-16(23)14(24-17)7-10-5-6-11(18)8-12(10)19/h2-8,22H,1H3,(H,20,21,23)/b14-7-. The van der Waals surface area contributed by atoms with Crippen molar-refractivity contribution in [2.45, 2.75) is 6.92 Å². The second-order valence-electron chi connectivity index (χ2n) is 5.09. The van der Waals surface area contributed by atoms with Crippen LogP contribution in [0.5, 0.6) is 5.75 Å². The van der Waals surface area contributed by atoms with Gasteiger partial charge < -0.3 is 10.4 Å². The number of hydrogen-bond donors (Lipinski definition) is 2. The number of aliphatic imine (C=N–C) groups is 1. The lowest BCUT2D eigenvalue weighted by Crippen LogP contribution is -2.19. The minimum Gasteiger partial charge on any atom is -0.506 e. The molecule has 2 aromatic rings. The van der Waals surface area contributed by atoms with Gasteiger partial charge >= 0.3 is 0 Å². The monoisotopic (exact) mass is 378 g/mol. The molecule has 0 radical (unpaired) electrons. The lowest BCUT2D eigenvalue weighted by Gasteiger charge is -2.03. The zero-order valence-corrected chi connectivity index (χ0v) is 14.8. The number of phenols is 1. The summed E-state index contributed by atoms with van der Waals surface area (Å²) in [6.45, 7) is 1.84. The topological polar surface area (TPSA) is 61.7 Å². The van der Waals surface area contributed by atoms with E-state index in [-0.39, 0.29) is 11.7 Å². The van der Waals surface area contributed by atoms with E-state index < -0.39 is 0 Å². The molecule has 4 nitrogen and oxygen atoms in total. The Hall–Kier alpha value is -1.95. The fraction of sp³-hybridized carbons (Fsp3) is 0.0588. The number of nitrogens with one attached hydrogen (secondary N) is 1. The molecule has 0 spiro atoms. The summed E-state index contributed by atoms with van der Waals surface area (Å²) in [6.07, 6.45) is 1.68. The van der Waals surface area contributed by atoms with Crippen molar-refractivity contribution in [3.8, 4) is 5.75 Å². The average molecular weight is 379 g/mol. The Bertz CT molecular complexity index is 874. The first-order valence-corrected chi connectivity index (χ1v) is 8.54. The first-order chi connectivity index (χ1) is 11.4. The predicted molar refractivity (Wildman–Crippen MR) is 100 cm³/mol. The number of thioether (sulfide) groups is 1. The summed E-state index contributed by atoms with van der Waals surface area (Å²) < 4.78 is 0. The highest BCUT2D eigenvalue weighted by atomic mass is 35.5. The van der Waals surface area contributed by atoms with E-state index in [9.17, 15) is 9.90 Å². The Balaban J connectivity index is 1.91. The third kappa shape index (κ3) is 3.59. The van der Waals surface area contributed by atoms with Gasteiger partial charge in [0.1, 0.15) is 11.4 Å². The maximum atomic E-state index is 12.1. The van der Waals surface area contributed by atoms with Crippen LogP contribution in [0.15, 0.2) is 46.3 Å². The average Bonchev–Trinajstić information content (AvgIpc) is 2.86. The van der Waals surface area contributed by atoms with Crippen molar-refractivity contribution in [1.29, 1.82) is 0 Å². The van der Waals surface area contributed by atoms with Gasteiger partial charge in [-0.3, -0.25) is 4.79 Å². The molecular formula is C17H12Cl2N2O2S. The van der Waals surface area contributed by atoms with E-state index in [4.69, 9.17) is 23.2 Å². The molecule has 7 heteroatoms. The van der Waals surface area contributed by atoms with Gasteiger partial charge in [0.15, 0.2) is 5.17 Å². The molecule has 1 amide bonds. The van der Waals surface area contributed by atoms with E-state index >= 15 is 0 Å². The van der Waals surface area contributed by atoms with Gasteiger partial charge in [0.25, 0.3) is 5.91 Å². The van der Waals surface area contributed by atoms with Crippen LogP contribution in [0.4, 0.5) is 5.69 Å². The van der Waals surface area contributed by atoms with Crippen LogP contribution in [0.1, 0.15) is 11.1 Å². The van der Waals surface area contributed by atoms with E-state index in [1.54, 1.807) is 36.4 Å². The van der Waals surface area contributed by atoms with E-state index in [2.05, 4.69) is 10.3 Å². The minimum absolute atomic E-state index is 0.0653. The van der Waals surface area contributed by atoms with Gasteiger partial charge in [-0.2, -0.15) is 0 Å². The van der Waals surface area contributed by atoms with Crippen LogP contribution in [0, 0.1) is 6.92 Å². The number of carbonyl (C=O) groups excluding carboxylic acids is 1. The number of nitrogens with zero attached hydrogens (tertiary/aromatic N) is 1. The summed E-state index contributed by atoms with van der Waals surface area (Å²) in [6, 6.07) is 10.2. The fourth-order valence-electron chi connectivity index (χ4n) is 2.13. The van der Waals surface area contributed by atoms with Crippen LogP contribution in [0.3, 0.4) is 0 Å². The number of aryl methyl sites for hydroxylation is 1. The number of aromatic hydroxyl groups is 1. The van der Waals surface area contributed by atoms with Gasteiger partial charge in [-0.25, -0.2) is 4.99 Å². The molecular weight excluding hydrogens is 367 g/mol. The van der Waals surface area contributed by atoms with Crippen LogP contribution < -0.4 is 5.32 Å². The lowest BCUT2D eigenvalue weighted by molar-refractivity contribution is -0.115. The first-order valence-electron chi connectivity index (χ1n) is 6.97. The predicted octanol–water partition coefficient (Wildman–Crippen LogP) is 4.90. The zero-order chi connectivity index (χ0) is 17.3. The highest BCUT2D eigenvalue weighted by Crippen LogP contribution is 2.34. The van der Waals surface area contributed by atoms with E-state index in [1.807, 2.05) is 13.0 Å². The molecule has 3 rings (SSSR count). The normalized spacial score (nSPS) is 17.5. The number of carbonyl (C=O) groups is 1. The summed E-state index contributed by atoms with van der Waals surface area (Å²) >= 11 is 13.2. The number of rotatable bonds is 2. The van der Waals surface area contributed by atoms with Gasteiger partial charge in [-0.05, 0) is 54.1 Å². The van der Waals surface area contributed by atoms with Crippen LogP contribution >= 0.6 is 35.0 Å². The Morgan fingerprint density at radius 2 is 2.04 bits per heavy atom. The largest absolute Gasteiger partial charge is 0.506 e. The van der Waals surface area contributed by atoms with Crippen LogP contribution in [-0.2, 0) is 4.79 Å². The maximum Gasteiger partial charge on any atom is 0.264 e. The summed E-state index contributed by atoms with van der Waals surface area (Å²) in [5.74, 6) is -0.201. The number of amides is 1. The van der Waals surface area contributed by atoms with Crippen LogP contribution in [0.25, 0.3) is 6.08 Å². The fourth-order valence-corrected chi connectivity index (χ4v) is 3.41. The number of hydrogen-bond acceptors (Lipinski definition) is 4. The molecule has 2 N–H and O–H groups in total. The van der Waals surface area contributed by atoms with Crippen molar-refractivity contribution in [3.63, 3.8) is 0 Å². The molecule has 24 heavy (non-hydrogen) atoms. The summed E-state index contributed by atoms with van der Waals surface area (Å²) in [4.78, 5) is 16.9. The molecule has 0 atom stereocenters. The van der Waals surface area contributed by atoms with Crippen molar-refractivity contribution >= 4 is 57.8 Å². The number of benzene rings is 2. The molecule has 2 aromatic carbocycles. The summed E-state index contributed by atoms with van der Waals surface area (Å²) in [7, 11) is 0. The van der Waals surface area contributed by atoms with Crippen LogP contribution in [-0.4, -0.2) is 16.2 Å². The Morgan fingerprint density at radius 1 is 1.25 bits per heavy atom. The third-order valence-corrected chi connectivity index (χ3v) is 4.80. The molecule has 0 unspecified atom stereocenters. The molecule has 0 aromatic heterocycles. The number of phenolic OH excluding ortho intramolecular Hbond substituents is 1. The van der Waals surface area contributed by atoms with Crippen molar-refractivity contribution < 1.29 is 9.90 Å². The molecule has 1 aliphatic rings. The second-order valence-corrected chi connectivity index (χ2v) is 6.96. The van der Waals surface area contributed by atoms with Crippen molar-refractivity contribution in [1.82, 2.24) is 5.32 Å². The molecule has 1 fully saturated rings. The van der Waals surface area contributed by atoms with Gasteiger partial charge in [0.05, 0.1) is 4.91 Å². The van der Waals surface area contributed by atoms with Gasteiger partial charge in [0, 0.05) is 10.0 Å². The van der Waals surface area contributed by atoms with Gasteiger partial charge in [0.2, 0.25) is 0 Å². The number of amidine groups is 1. The van der Waals surface area contributed by atoms with Crippen molar-refractivity contribution in [3.05, 3.63) is 62.5 Å². The molecule has 0 bridgehead atoms. The van der Waals surface area contributed by atoms with E-state index in [1.165, 1.54) is 11.8 Å². The summed E-state index contributed by atoms with van der Waals surface area (Å²) in [5.41, 5.74) is 1.94. The first kappa shape index (κ1) is 16.9. The molecule has 1 aliphatic heterocycles. The van der Waals surface area contributed by atoms with E-state index in [0.717, 1.165) is 5.56 Å². The number of halogens is 2. The van der Waals surface area contributed by atoms with E-state index in [0.29, 0.717) is 31.4 Å². The van der Waals surface area contributed by atoms with Crippen molar-refractivity contribution in [2.24, 2.45) is 4.99 Å². The lowest BCUT2D eigenvalue weighted by atomic mass is 10.2. The second kappa shape index (κ2) is 6.89. The Labute approximate surface area is 153 Å². The molecule has 1 saturated heterocycles. The Kier molecular flexibility index (Phi) is 4.85. The van der Waals surface area contributed by atoms with Crippen LogP contribution in [0.2, 0.25) is 10.0 Å². The maximum absolute atomic E-state index is 12.1. The van der Waals surface area contributed by atoms with Gasteiger partial charge in [-0.15, -0.1) is 0 Å². The highest BCUT2D eigenvalue weighted by Gasteiger charge is 2.24. The summed E-state index contributed by atoms with van der Waals surface area (Å²) in [5, 5.41) is 14.0. The zero-order valence-electron chi connectivity index (χ0n) is 12.5. The molecule has 122 valence electrons. The molecule has 0 aliphatic carbocycles.